The van der Waals surface area contributed by atoms with E-state index < -0.39 is 17.9 Å². The third-order valence-corrected chi connectivity index (χ3v) is 1.45. The molecule has 0 aromatic carbocycles. The Labute approximate surface area is 68.5 Å². The first-order chi connectivity index (χ1) is 5.25. The molecule has 0 aromatic heterocycles. The minimum atomic E-state index is -4.80. The number of hydrogen-bond acceptors (Lipinski definition) is 3. The van der Waals surface area contributed by atoms with Gasteiger partial charge in [0, 0.05) is 13.0 Å². The van der Waals surface area contributed by atoms with E-state index >= 15 is 0 Å². The van der Waals surface area contributed by atoms with Gasteiger partial charge in [-0.05, 0) is 0 Å². The molecule has 0 aliphatic heterocycles. The van der Waals surface area contributed by atoms with Crippen LogP contribution in [-0.2, 0) is 4.84 Å². The summed E-state index contributed by atoms with van der Waals surface area (Å²) in [6.07, 6.45) is -4.80. The maximum Gasteiger partial charge on any atom is 0.444 e. The van der Waals surface area contributed by atoms with Crippen molar-refractivity contribution in [2.45, 2.75) is 25.8 Å². The van der Waals surface area contributed by atoms with E-state index in [1.54, 1.807) is 0 Å². The topological polar surface area (TPSA) is 41.5 Å². The Morgan fingerprint density at radius 1 is 1.33 bits per heavy atom. The third kappa shape index (κ3) is 2.09. The Morgan fingerprint density at radius 2 is 1.75 bits per heavy atom. The molecule has 0 aliphatic carbocycles. The van der Waals surface area contributed by atoms with Crippen LogP contribution in [0.3, 0.4) is 0 Å². The van der Waals surface area contributed by atoms with Crippen LogP contribution < -0.4 is 5.48 Å². The van der Waals surface area contributed by atoms with Gasteiger partial charge in [0.1, 0.15) is 0 Å². The number of halogens is 3. The van der Waals surface area contributed by atoms with Gasteiger partial charge in [0.05, 0.1) is 0 Å². The lowest BCUT2D eigenvalue weighted by molar-refractivity contribution is -0.396. The molecule has 0 saturated heterocycles. The van der Waals surface area contributed by atoms with Crippen molar-refractivity contribution in [3.8, 4) is 0 Å². The average molecular weight is 187 g/mol. The lowest BCUT2D eigenvalue weighted by atomic mass is 10.0. The molecule has 0 spiro atoms. The molecule has 0 aliphatic rings. The van der Waals surface area contributed by atoms with Crippen LogP contribution in [0.15, 0.2) is 0 Å². The second-order valence-corrected chi connectivity index (χ2v) is 2.66. The molecule has 2 N–H and O–H groups in total. The van der Waals surface area contributed by atoms with Gasteiger partial charge in [-0.3, -0.25) is 4.84 Å². The van der Waals surface area contributed by atoms with Crippen molar-refractivity contribution >= 4 is 0 Å². The molecule has 1 atom stereocenters. The van der Waals surface area contributed by atoms with Gasteiger partial charge < -0.3 is 5.11 Å². The van der Waals surface area contributed by atoms with Crippen molar-refractivity contribution in [1.29, 1.82) is 0 Å². The van der Waals surface area contributed by atoms with Gasteiger partial charge in [-0.25, -0.2) is 5.48 Å². The lowest BCUT2D eigenvalue weighted by Crippen LogP contribution is -2.54. The zero-order valence-electron chi connectivity index (χ0n) is 7.07. The molecule has 74 valence electrons. The summed E-state index contributed by atoms with van der Waals surface area (Å²) in [7, 11) is 1.15. The summed E-state index contributed by atoms with van der Waals surface area (Å²) in [5.74, 6) is -4.20. The minimum Gasteiger partial charge on any atom is -0.357 e. The quantitative estimate of drug-likeness (QED) is 0.512. The number of hydroxylamine groups is 1. The summed E-state index contributed by atoms with van der Waals surface area (Å²) >= 11 is 0. The monoisotopic (exact) mass is 187 g/mol. The summed E-state index contributed by atoms with van der Waals surface area (Å²) in [6.45, 7) is 2.43. The Morgan fingerprint density at radius 3 is 1.83 bits per heavy atom. The SMILES string of the molecule is CNOC(O)(C(C)C)C(F)(F)F. The smallest absolute Gasteiger partial charge is 0.357 e. The van der Waals surface area contributed by atoms with Crippen LogP contribution in [0.25, 0.3) is 0 Å². The molecule has 0 amide bonds. The van der Waals surface area contributed by atoms with E-state index in [-0.39, 0.29) is 0 Å². The zero-order valence-corrected chi connectivity index (χ0v) is 7.07. The summed E-state index contributed by atoms with van der Waals surface area (Å²) in [5, 5.41) is 9.02. The van der Waals surface area contributed by atoms with E-state index in [0.29, 0.717) is 0 Å². The highest BCUT2D eigenvalue weighted by molar-refractivity contribution is 4.79. The molecule has 0 heterocycles. The Hall–Kier alpha value is -0.330. The standard InChI is InChI=1S/C6H12F3NO2/c1-4(2)5(11,12-10-3)6(7,8)9/h4,10-11H,1-3H3. The van der Waals surface area contributed by atoms with Gasteiger partial charge >= 0.3 is 6.18 Å². The molecule has 0 aromatic rings. The first-order valence-electron chi connectivity index (χ1n) is 3.39. The van der Waals surface area contributed by atoms with Crippen molar-refractivity contribution in [3.63, 3.8) is 0 Å². The number of alkyl halides is 3. The van der Waals surface area contributed by atoms with E-state index in [4.69, 9.17) is 5.11 Å². The molecule has 0 saturated carbocycles. The highest BCUT2D eigenvalue weighted by Crippen LogP contribution is 2.36. The van der Waals surface area contributed by atoms with Crippen LogP contribution >= 0.6 is 0 Å². The van der Waals surface area contributed by atoms with Gasteiger partial charge in [0.15, 0.2) is 0 Å². The molecule has 0 rings (SSSR count). The van der Waals surface area contributed by atoms with Gasteiger partial charge in [-0.2, -0.15) is 13.2 Å². The van der Waals surface area contributed by atoms with E-state index in [0.717, 1.165) is 7.05 Å². The van der Waals surface area contributed by atoms with Crippen molar-refractivity contribution in [2.75, 3.05) is 7.05 Å². The molecule has 0 fully saturated rings. The fourth-order valence-corrected chi connectivity index (χ4v) is 0.659. The maximum absolute atomic E-state index is 12.1. The molecule has 12 heavy (non-hydrogen) atoms. The second-order valence-electron chi connectivity index (χ2n) is 2.66. The number of rotatable bonds is 3. The van der Waals surface area contributed by atoms with Gasteiger partial charge in [-0.15, -0.1) is 0 Å². The lowest BCUT2D eigenvalue weighted by Gasteiger charge is -2.32. The molecule has 0 bridgehead atoms. The summed E-state index contributed by atoms with van der Waals surface area (Å²) < 4.78 is 36.4. The second kappa shape index (κ2) is 3.59. The van der Waals surface area contributed by atoms with Crippen molar-refractivity contribution in [3.05, 3.63) is 0 Å². The fourth-order valence-electron chi connectivity index (χ4n) is 0.659. The number of aliphatic hydroxyl groups is 1. The largest absolute Gasteiger partial charge is 0.444 e. The maximum atomic E-state index is 12.1. The normalized spacial score (nSPS) is 18.0. The Balaban J connectivity index is 4.62. The van der Waals surface area contributed by atoms with E-state index in [1.165, 1.54) is 13.8 Å². The van der Waals surface area contributed by atoms with Crippen molar-refractivity contribution < 1.29 is 23.1 Å². The van der Waals surface area contributed by atoms with Crippen LogP contribution in [0.2, 0.25) is 0 Å². The first kappa shape index (κ1) is 11.7. The van der Waals surface area contributed by atoms with Crippen molar-refractivity contribution in [2.24, 2.45) is 5.92 Å². The van der Waals surface area contributed by atoms with E-state index in [9.17, 15) is 13.2 Å². The predicted octanol–water partition coefficient (Wildman–Crippen LogP) is 1.04. The zero-order chi connectivity index (χ0) is 9.99. The molecular formula is C6H12F3NO2. The van der Waals surface area contributed by atoms with Gasteiger partial charge in [0.2, 0.25) is 0 Å². The van der Waals surface area contributed by atoms with Crippen LogP contribution in [-0.4, -0.2) is 24.1 Å². The van der Waals surface area contributed by atoms with Gasteiger partial charge in [-0.1, -0.05) is 13.8 Å². The van der Waals surface area contributed by atoms with Crippen LogP contribution in [0.4, 0.5) is 13.2 Å². The number of nitrogens with one attached hydrogen (secondary N) is 1. The van der Waals surface area contributed by atoms with E-state index in [1.807, 2.05) is 5.48 Å². The highest BCUT2D eigenvalue weighted by atomic mass is 19.4. The van der Waals surface area contributed by atoms with Crippen LogP contribution in [0, 0.1) is 5.92 Å². The molecular weight excluding hydrogens is 175 g/mol. The number of hydrogen-bond donors (Lipinski definition) is 2. The predicted molar refractivity (Wildman–Crippen MR) is 36.0 cm³/mol. The fraction of sp³-hybridized carbons (Fsp3) is 1.00. The summed E-state index contributed by atoms with van der Waals surface area (Å²) in [6, 6.07) is 0. The van der Waals surface area contributed by atoms with E-state index in [2.05, 4.69) is 4.84 Å². The molecule has 3 nitrogen and oxygen atoms in total. The molecule has 0 radical (unpaired) electrons. The highest BCUT2D eigenvalue weighted by Gasteiger charge is 2.58. The minimum absolute atomic E-state index is 1.08. The Bertz CT molecular complexity index is 148. The van der Waals surface area contributed by atoms with Crippen LogP contribution in [0.5, 0.6) is 0 Å². The summed E-state index contributed by atoms with van der Waals surface area (Å²) in [4.78, 5) is 4.04. The average Bonchev–Trinajstić information content (AvgIpc) is 1.85. The molecule has 1 unspecified atom stereocenters. The first-order valence-corrected chi connectivity index (χ1v) is 3.39. The summed E-state index contributed by atoms with van der Waals surface area (Å²) in [5.41, 5.74) is 1.83. The third-order valence-electron chi connectivity index (χ3n) is 1.45. The van der Waals surface area contributed by atoms with Crippen molar-refractivity contribution in [1.82, 2.24) is 5.48 Å². The van der Waals surface area contributed by atoms with Crippen LogP contribution in [0.1, 0.15) is 13.8 Å². The van der Waals surface area contributed by atoms with Gasteiger partial charge in [0.25, 0.3) is 5.79 Å². The molecule has 6 heteroatoms. The Kier molecular flexibility index (Phi) is 3.49.